The zero-order valence-corrected chi connectivity index (χ0v) is 11.4. The van der Waals surface area contributed by atoms with Gasteiger partial charge in [-0.3, -0.25) is 4.79 Å². The normalized spacial score (nSPS) is 10.4. The molecule has 0 aliphatic heterocycles. The Hall–Kier alpha value is -2.27. The second-order valence-corrected chi connectivity index (χ2v) is 4.53. The van der Waals surface area contributed by atoms with Gasteiger partial charge in [0.2, 0.25) is 0 Å². The standard InChI is InChI=1S/C16H16F2N2O/c17-13-8-4-9-14(18)15(13)16(21)20(11-5-10-19)12-6-2-1-3-7-12/h1-4,6-9H,5,10-11,19H2. The van der Waals surface area contributed by atoms with Crippen LogP contribution in [0.2, 0.25) is 0 Å². The predicted octanol–water partition coefficient (Wildman–Crippen LogP) is 2.96. The zero-order valence-electron chi connectivity index (χ0n) is 11.4. The van der Waals surface area contributed by atoms with Gasteiger partial charge in [-0.2, -0.15) is 0 Å². The Morgan fingerprint density at radius 3 is 2.19 bits per heavy atom. The minimum atomic E-state index is -0.867. The molecule has 2 rings (SSSR count). The lowest BCUT2D eigenvalue weighted by Gasteiger charge is -2.23. The summed E-state index contributed by atoms with van der Waals surface area (Å²) >= 11 is 0. The lowest BCUT2D eigenvalue weighted by Crippen LogP contribution is -2.34. The first-order valence-electron chi connectivity index (χ1n) is 6.66. The van der Waals surface area contributed by atoms with Crippen molar-refractivity contribution in [3.8, 4) is 0 Å². The van der Waals surface area contributed by atoms with E-state index in [-0.39, 0.29) is 0 Å². The molecule has 21 heavy (non-hydrogen) atoms. The number of amides is 1. The maximum atomic E-state index is 13.8. The van der Waals surface area contributed by atoms with Crippen molar-refractivity contribution in [3.63, 3.8) is 0 Å². The van der Waals surface area contributed by atoms with Crippen LogP contribution in [0, 0.1) is 11.6 Å². The first-order chi connectivity index (χ1) is 10.1. The summed E-state index contributed by atoms with van der Waals surface area (Å²) in [4.78, 5) is 13.8. The number of hydrogen-bond donors (Lipinski definition) is 1. The summed E-state index contributed by atoms with van der Waals surface area (Å²) in [5.74, 6) is -2.44. The summed E-state index contributed by atoms with van der Waals surface area (Å²) < 4.78 is 27.6. The molecule has 0 radical (unpaired) electrons. The smallest absolute Gasteiger partial charge is 0.264 e. The summed E-state index contributed by atoms with van der Waals surface area (Å²) in [5.41, 5.74) is 5.51. The number of carbonyl (C=O) groups excluding carboxylic acids is 1. The third-order valence-electron chi connectivity index (χ3n) is 3.08. The zero-order chi connectivity index (χ0) is 15.2. The monoisotopic (exact) mass is 290 g/mol. The maximum absolute atomic E-state index is 13.8. The van der Waals surface area contributed by atoms with Crippen LogP contribution in [0.4, 0.5) is 14.5 Å². The summed E-state index contributed by atoms with van der Waals surface area (Å²) in [6, 6.07) is 12.1. The van der Waals surface area contributed by atoms with Crippen LogP contribution in [0.1, 0.15) is 16.8 Å². The van der Waals surface area contributed by atoms with Crippen LogP contribution in [0.3, 0.4) is 0 Å². The van der Waals surface area contributed by atoms with Gasteiger partial charge in [0.25, 0.3) is 5.91 Å². The van der Waals surface area contributed by atoms with Gasteiger partial charge in [0.1, 0.15) is 17.2 Å². The van der Waals surface area contributed by atoms with E-state index < -0.39 is 23.1 Å². The number of anilines is 1. The maximum Gasteiger partial charge on any atom is 0.264 e. The van der Waals surface area contributed by atoms with E-state index in [4.69, 9.17) is 5.73 Å². The number of nitrogens with zero attached hydrogens (tertiary/aromatic N) is 1. The highest BCUT2D eigenvalue weighted by Crippen LogP contribution is 2.20. The Morgan fingerprint density at radius 2 is 1.62 bits per heavy atom. The minimum absolute atomic E-state index is 0.299. The molecule has 0 heterocycles. The molecule has 0 aliphatic rings. The first kappa shape index (κ1) is 15.1. The van der Waals surface area contributed by atoms with Crippen LogP contribution in [0.25, 0.3) is 0 Å². The van der Waals surface area contributed by atoms with Crippen LogP contribution in [-0.4, -0.2) is 19.0 Å². The summed E-state index contributed by atoms with van der Waals surface area (Å²) in [6.07, 6.45) is 0.538. The first-order valence-corrected chi connectivity index (χ1v) is 6.66. The van der Waals surface area contributed by atoms with Crippen LogP contribution >= 0.6 is 0 Å². The number of rotatable bonds is 5. The number of halogens is 2. The van der Waals surface area contributed by atoms with E-state index >= 15 is 0 Å². The largest absolute Gasteiger partial charge is 0.330 e. The second kappa shape index (κ2) is 6.95. The Labute approximate surface area is 122 Å². The molecule has 3 nitrogen and oxygen atoms in total. The number of hydrogen-bond acceptors (Lipinski definition) is 2. The average molecular weight is 290 g/mol. The molecule has 0 aliphatic carbocycles. The number of nitrogens with two attached hydrogens (primary N) is 1. The van der Waals surface area contributed by atoms with Crippen LogP contribution in [-0.2, 0) is 0 Å². The van der Waals surface area contributed by atoms with Crippen LogP contribution < -0.4 is 10.6 Å². The summed E-state index contributed by atoms with van der Waals surface area (Å²) in [6.45, 7) is 0.684. The second-order valence-electron chi connectivity index (χ2n) is 4.53. The molecule has 5 heteroatoms. The average Bonchev–Trinajstić information content (AvgIpc) is 2.48. The molecule has 0 unspecified atom stereocenters. The van der Waals surface area contributed by atoms with Crippen molar-refractivity contribution >= 4 is 11.6 Å². The van der Waals surface area contributed by atoms with E-state index in [1.807, 2.05) is 0 Å². The summed E-state index contributed by atoms with van der Waals surface area (Å²) in [7, 11) is 0. The van der Waals surface area contributed by atoms with E-state index in [1.54, 1.807) is 30.3 Å². The number of para-hydroxylation sites is 1. The van der Waals surface area contributed by atoms with Gasteiger partial charge in [-0.1, -0.05) is 24.3 Å². The highest BCUT2D eigenvalue weighted by atomic mass is 19.1. The van der Waals surface area contributed by atoms with Crippen molar-refractivity contribution in [2.24, 2.45) is 5.73 Å². The quantitative estimate of drug-likeness (QED) is 0.920. The molecule has 0 saturated heterocycles. The fraction of sp³-hybridized carbons (Fsp3) is 0.188. The summed E-state index contributed by atoms with van der Waals surface area (Å²) in [5, 5.41) is 0. The van der Waals surface area contributed by atoms with Gasteiger partial charge < -0.3 is 10.6 Å². The molecule has 1 amide bonds. The molecule has 2 N–H and O–H groups in total. The van der Waals surface area contributed by atoms with Crippen molar-refractivity contribution in [1.82, 2.24) is 0 Å². The molecule has 2 aromatic rings. The van der Waals surface area contributed by atoms with E-state index in [0.717, 1.165) is 12.1 Å². The Morgan fingerprint density at radius 1 is 1.00 bits per heavy atom. The molecular weight excluding hydrogens is 274 g/mol. The van der Waals surface area contributed by atoms with Crippen molar-refractivity contribution in [2.45, 2.75) is 6.42 Å². The third-order valence-corrected chi connectivity index (χ3v) is 3.08. The lowest BCUT2D eigenvalue weighted by molar-refractivity contribution is 0.0978. The van der Waals surface area contributed by atoms with Gasteiger partial charge in [-0.05, 0) is 37.2 Å². The Kier molecular flexibility index (Phi) is 5.00. The molecule has 2 aromatic carbocycles. The molecule has 0 bridgehead atoms. The van der Waals surface area contributed by atoms with E-state index in [9.17, 15) is 13.6 Å². The SMILES string of the molecule is NCCCN(C(=O)c1c(F)cccc1F)c1ccccc1. The van der Waals surface area contributed by atoms with E-state index in [2.05, 4.69) is 0 Å². The van der Waals surface area contributed by atoms with Crippen molar-refractivity contribution < 1.29 is 13.6 Å². The van der Waals surface area contributed by atoms with Gasteiger partial charge >= 0.3 is 0 Å². The molecule has 0 saturated carbocycles. The Bertz CT molecular complexity index is 597. The van der Waals surface area contributed by atoms with Crippen molar-refractivity contribution in [1.29, 1.82) is 0 Å². The van der Waals surface area contributed by atoms with Gasteiger partial charge in [-0.25, -0.2) is 8.78 Å². The minimum Gasteiger partial charge on any atom is -0.330 e. The van der Waals surface area contributed by atoms with Crippen LogP contribution in [0.15, 0.2) is 48.5 Å². The van der Waals surface area contributed by atoms with E-state index in [0.29, 0.717) is 25.2 Å². The highest BCUT2D eigenvalue weighted by Gasteiger charge is 2.23. The van der Waals surface area contributed by atoms with Gasteiger partial charge in [0, 0.05) is 12.2 Å². The van der Waals surface area contributed by atoms with Gasteiger partial charge in [-0.15, -0.1) is 0 Å². The fourth-order valence-electron chi connectivity index (χ4n) is 2.04. The number of benzene rings is 2. The fourth-order valence-corrected chi connectivity index (χ4v) is 2.04. The van der Waals surface area contributed by atoms with Crippen LogP contribution in [0.5, 0.6) is 0 Å². The molecule has 0 fully saturated rings. The van der Waals surface area contributed by atoms with Gasteiger partial charge in [0.15, 0.2) is 0 Å². The topological polar surface area (TPSA) is 46.3 Å². The Balaban J connectivity index is 2.39. The van der Waals surface area contributed by atoms with Gasteiger partial charge in [0.05, 0.1) is 0 Å². The van der Waals surface area contributed by atoms with Crippen molar-refractivity contribution in [2.75, 3.05) is 18.0 Å². The third kappa shape index (κ3) is 3.44. The lowest BCUT2D eigenvalue weighted by atomic mass is 10.1. The highest BCUT2D eigenvalue weighted by molar-refractivity contribution is 6.06. The van der Waals surface area contributed by atoms with E-state index in [1.165, 1.54) is 11.0 Å². The number of carbonyl (C=O) groups is 1. The molecule has 0 atom stereocenters. The van der Waals surface area contributed by atoms with Crippen molar-refractivity contribution in [3.05, 3.63) is 65.7 Å². The molecule has 110 valence electrons. The molecular formula is C16H16F2N2O. The molecule has 0 aromatic heterocycles. The molecule has 0 spiro atoms. The predicted molar refractivity (Wildman–Crippen MR) is 78.1 cm³/mol.